The molecular weight excluding hydrogens is 192 g/mol. The Labute approximate surface area is 97.3 Å². The first-order valence-corrected chi connectivity index (χ1v) is 5.76. The Kier molecular flexibility index (Phi) is 2.68. The van der Waals surface area contributed by atoms with Gasteiger partial charge in [0.15, 0.2) is 0 Å². The van der Waals surface area contributed by atoms with Crippen LogP contribution < -0.4 is 0 Å². The lowest BCUT2D eigenvalue weighted by Gasteiger charge is -2.02. The first kappa shape index (κ1) is 10.7. The fourth-order valence-corrected chi connectivity index (χ4v) is 2.26. The molecule has 0 aliphatic heterocycles. The molecule has 0 nitrogen and oxygen atoms in total. The molecule has 3 rings (SSSR count). The largest absolute Gasteiger partial charge is 0.112 e. The van der Waals surface area contributed by atoms with E-state index in [-0.39, 0.29) is 0 Å². The van der Waals surface area contributed by atoms with E-state index in [0.29, 0.717) is 0 Å². The molecule has 0 aromatic heterocycles. The van der Waals surface area contributed by atoms with E-state index in [1.807, 2.05) is 19.9 Å². The van der Waals surface area contributed by atoms with Crippen LogP contribution in [-0.2, 0) is 0 Å². The molecule has 0 heteroatoms. The summed E-state index contributed by atoms with van der Waals surface area (Å²) in [6.45, 7) is 10.3. The molecule has 0 N–H and O–H groups in total. The van der Waals surface area contributed by atoms with Crippen LogP contribution in [-0.4, -0.2) is 0 Å². The van der Waals surface area contributed by atoms with E-state index in [0.717, 1.165) is 5.57 Å². The van der Waals surface area contributed by atoms with E-state index in [4.69, 9.17) is 0 Å². The third kappa shape index (κ3) is 1.31. The Morgan fingerprint density at radius 2 is 1.94 bits per heavy atom. The average molecular weight is 208 g/mol. The lowest BCUT2D eigenvalue weighted by Crippen LogP contribution is -1.84. The number of hydrogen-bond donors (Lipinski definition) is 0. The van der Waals surface area contributed by atoms with Gasteiger partial charge in [-0.05, 0) is 46.9 Å². The van der Waals surface area contributed by atoms with Gasteiger partial charge in [0.1, 0.15) is 0 Å². The maximum absolute atomic E-state index is 4.14. The number of allylic oxidation sites excluding steroid dienone is 4. The molecule has 0 radical (unpaired) electrons. The topological polar surface area (TPSA) is 0 Å². The third-order valence-electron chi connectivity index (χ3n) is 2.91. The van der Waals surface area contributed by atoms with E-state index in [9.17, 15) is 0 Å². The van der Waals surface area contributed by atoms with Gasteiger partial charge in [-0.3, -0.25) is 0 Å². The van der Waals surface area contributed by atoms with Crippen molar-refractivity contribution >= 4 is 11.1 Å². The predicted octanol–water partition coefficient (Wildman–Crippen LogP) is 4.53. The van der Waals surface area contributed by atoms with Crippen molar-refractivity contribution in [1.29, 1.82) is 0 Å². The van der Waals surface area contributed by atoms with Crippen LogP contribution in [0.25, 0.3) is 11.1 Å². The maximum Gasteiger partial charge on any atom is 0.0316 e. The first-order chi connectivity index (χ1) is 7.79. The lowest BCUT2D eigenvalue weighted by atomic mass is 10.0. The minimum absolute atomic E-state index is 1.12. The molecule has 1 aromatic rings. The van der Waals surface area contributed by atoms with Gasteiger partial charge in [0.05, 0.1) is 0 Å². The van der Waals surface area contributed by atoms with Gasteiger partial charge in [0.2, 0.25) is 0 Å². The molecule has 0 saturated carbocycles. The van der Waals surface area contributed by atoms with Crippen molar-refractivity contribution in [1.82, 2.24) is 0 Å². The third-order valence-corrected chi connectivity index (χ3v) is 2.91. The molecule has 0 amide bonds. The smallest absolute Gasteiger partial charge is 0.0316 e. The van der Waals surface area contributed by atoms with Crippen molar-refractivity contribution in [3.8, 4) is 0 Å². The zero-order chi connectivity index (χ0) is 11.7. The summed E-state index contributed by atoms with van der Waals surface area (Å²) in [4.78, 5) is 0. The Balaban J connectivity index is 0.000000457. The second-order valence-corrected chi connectivity index (χ2v) is 3.74. The van der Waals surface area contributed by atoms with Crippen LogP contribution in [0.3, 0.4) is 0 Å². The molecule has 0 fully saturated rings. The number of fused-ring (bicyclic) bond motifs is 3. The predicted molar refractivity (Wildman–Crippen MR) is 71.1 cm³/mol. The van der Waals surface area contributed by atoms with Gasteiger partial charge in [-0.1, -0.05) is 38.6 Å². The summed E-state index contributed by atoms with van der Waals surface area (Å²) in [6, 6.07) is 6.40. The number of benzene rings is 1. The van der Waals surface area contributed by atoms with Crippen molar-refractivity contribution < 1.29 is 0 Å². The number of hydrogen-bond acceptors (Lipinski definition) is 0. The Morgan fingerprint density at radius 3 is 2.69 bits per heavy atom. The van der Waals surface area contributed by atoms with Crippen LogP contribution in [0.2, 0.25) is 0 Å². The fourth-order valence-electron chi connectivity index (χ4n) is 2.26. The second kappa shape index (κ2) is 4.00. The minimum Gasteiger partial charge on any atom is -0.112 e. The Morgan fingerprint density at radius 1 is 1.19 bits per heavy atom. The number of rotatable bonds is 0. The van der Waals surface area contributed by atoms with Crippen LogP contribution in [0.4, 0.5) is 0 Å². The summed E-state index contributed by atoms with van der Waals surface area (Å²) in [5, 5.41) is 0. The molecular formula is C16H16. The molecule has 80 valence electrons. The van der Waals surface area contributed by atoms with E-state index in [2.05, 4.69) is 43.5 Å². The van der Waals surface area contributed by atoms with E-state index in [1.54, 1.807) is 0 Å². The van der Waals surface area contributed by atoms with Gasteiger partial charge in [-0.25, -0.2) is 0 Å². The molecule has 1 aromatic carbocycles. The fraction of sp³-hybridized carbons (Fsp3) is 0.188. The highest BCUT2D eigenvalue weighted by molar-refractivity contribution is 6.09. The normalized spacial score (nSPS) is 14.8. The van der Waals surface area contributed by atoms with Gasteiger partial charge < -0.3 is 0 Å². The second-order valence-electron chi connectivity index (χ2n) is 3.74. The highest BCUT2D eigenvalue weighted by Gasteiger charge is 2.26. The highest BCUT2D eigenvalue weighted by atomic mass is 14.3. The minimum atomic E-state index is 1.12. The van der Waals surface area contributed by atoms with Crippen LogP contribution in [0.15, 0.2) is 48.2 Å². The molecule has 0 unspecified atom stereocenters. The zero-order valence-electron chi connectivity index (χ0n) is 10.1. The summed E-state index contributed by atoms with van der Waals surface area (Å²) in [7, 11) is 0. The molecule has 0 saturated heterocycles. The van der Waals surface area contributed by atoms with E-state index < -0.39 is 0 Å². The van der Waals surface area contributed by atoms with Crippen molar-refractivity contribution in [2.75, 3.05) is 0 Å². The van der Waals surface area contributed by atoms with Crippen LogP contribution in [0.5, 0.6) is 0 Å². The summed E-state index contributed by atoms with van der Waals surface area (Å²) >= 11 is 0. The van der Waals surface area contributed by atoms with Crippen LogP contribution in [0.1, 0.15) is 30.5 Å². The standard InChI is InChI=1S/C14H10.C2H6/c1-9-5-3-8-13-12-7-4-6-11(12)10(2)14(9)13;1-2/h3-5,7-8H,2H2,1H3;1-2H3. The zero-order valence-corrected chi connectivity index (χ0v) is 10.1. The van der Waals surface area contributed by atoms with Gasteiger partial charge in [-0.15, -0.1) is 5.73 Å². The summed E-state index contributed by atoms with van der Waals surface area (Å²) in [6.07, 6.45) is 4.09. The SMILES string of the molecule is C=C1C2=C=CC=C2c2cccc(C)c21.CC. The highest BCUT2D eigenvalue weighted by Crippen LogP contribution is 2.46. The molecule has 0 spiro atoms. The van der Waals surface area contributed by atoms with Crippen molar-refractivity contribution in [3.63, 3.8) is 0 Å². The van der Waals surface area contributed by atoms with Crippen molar-refractivity contribution in [2.45, 2.75) is 20.8 Å². The van der Waals surface area contributed by atoms with Gasteiger partial charge in [0.25, 0.3) is 0 Å². The molecule has 2 aliphatic carbocycles. The summed E-state index contributed by atoms with van der Waals surface area (Å²) < 4.78 is 0. The van der Waals surface area contributed by atoms with Crippen molar-refractivity contribution in [3.05, 3.63) is 64.9 Å². The molecule has 0 atom stereocenters. The molecule has 0 heterocycles. The first-order valence-electron chi connectivity index (χ1n) is 5.76. The molecule has 0 bridgehead atoms. The summed E-state index contributed by atoms with van der Waals surface area (Å²) in [5.74, 6) is 0. The molecule has 16 heavy (non-hydrogen) atoms. The monoisotopic (exact) mass is 208 g/mol. The van der Waals surface area contributed by atoms with Crippen LogP contribution in [0, 0.1) is 6.92 Å². The van der Waals surface area contributed by atoms with E-state index >= 15 is 0 Å². The van der Waals surface area contributed by atoms with Gasteiger partial charge >= 0.3 is 0 Å². The lowest BCUT2D eigenvalue weighted by molar-refractivity contribution is 1.43. The van der Waals surface area contributed by atoms with E-state index in [1.165, 1.54) is 27.8 Å². The van der Waals surface area contributed by atoms with Gasteiger partial charge in [0, 0.05) is 5.57 Å². The quantitative estimate of drug-likeness (QED) is 0.550. The van der Waals surface area contributed by atoms with Crippen molar-refractivity contribution in [2.24, 2.45) is 0 Å². The molecule has 2 aliphatic rings. The number of aryl methyl sites for hydroxylation is 1. The Bertz CT molecular complexity index is 547. The Hall–Kier alpha value is -1.78. The van der Waals surface area contributed by atoms with Crippen LogP contribution >= 0.6 is 0 Å². The average Bonchev–Trinajstić information content (AvgIpc) is 2.87. The van der Waals surface area contributed by atoms with Gasteiger partial charge in [-0.2, -0.15) is 0 Å². The summed E-state index contributed by atoms with van der Waals surface area (Å²) in [5.41, 5.74) is 10.7. The maximum atomic E-state index is 4.14.